The fraction of sp³-hybridized carbons (Fsp3) is 0.684. The van der Waals surface area contributed by atoms with Gasteiger partial charge in [0.1, 0.15) is 0 Å². The minimum atomic E-state index is 0.473. The van der Waals surface area contributed by atoms with Crippen LogP contribution in [0.15, 0.2) is 24.3 Å². The van der Waals surface area contributed by atoms with Crippen LogP contribution in [0.4, 0.5) is 0 Å². The van der Waals surface area contributed by atoms with Gasteiger partial charge in [0.05, 0.1) is 0 Å². The van der Waals surface area contributed by atoms with Crippen LogP contribution in [0.5, 0.6) is 0 Å². The van der Waals surface area contributed by atoms with Crippen LogP contribution in [0.1, 0.15) is 76.3 Å². The van der Waals surface area contributed by atoms with Gasteiger partial charge in [-0.1, -0.05) is 52.0 Å². The van der Waals surface area contributed by atoms with E-state index < -0.39 is 0 Å². The smallest absolute Gasteiger partial charge is 0.00109 e. The van der Waals surface area contributed by atoms with Gasteiger partial charge in [0.15, 0.2) is 0 Å². The molecule has 1 unspecified atom stereocenters. The van der Waals surface area contributed by atoms with E-state index in [1.54, 1.807) is 0 Å². The van der Waals surface area contributed by atoms with Crippen LogP contribution < -0.4 is 5.73 Å². The maximum Gasteiger partial charge on any atom is -0.00109 e. The quantitative estimate of drug-likeness (QED) is 0.817. The van der Waals surface area contributed by atoms with E-state index >= 15 is 0 Å². The Morgan fingerprint density at radius 2 is 1.80 bits per heavy atom. The Labute approximate surface area is 125 Å². The van der Waals surface area contributed by atoms with E-state index in [9.17, 15) is 0 Å². The highest BCUT2D eigenvalue weighted by molar-refractivity contribution is 5.29. The highest BCUT2D eigenvalue weighted by Gasteiger charge is 2.30. The van der Waals surface area contributed by atoms with Crippen molar-refractivity contribution in [2.45, 2.75) is 65.2 Å². The second-order valence-corrected chi connectivity index (χ2v) is 7.72. The summed E-state index contributed by atoms with van der Waals surface area (Å²) in [7, 11) is 0. The second-order valence-electron chi connectivity index (χ2n) is 7.72. The summed E-state index contributed by atoms with van der Waals surface area (Å²) in [6.45, 7) is 10.1. The topological polar surface area (TPSA) is 26.0 Å². The van der Waals surface area contributed by atoms with E-state index in [-0.39, 0.29) is 0 Å². The fourth-order valence-electron chi connectivity index (χ4n) is 3.55. The molecule has 20 heavy (non-hydrogen) atoms. The summed E-state index contributed by atoms with van der Waals surface area (Å²) in [5.41, 5.74) is 9.21. The van der Waals surface area contributed by atoms with E-state index in [1.807, 2.05) is 0 Å². The van der Waals surface area contributed by atoms with E-state index in [4.69, 9.17) is 5.73 Å². The van der Waals surface area contributed by atoms with E-state index in [1.165, 1.54) is 36.8 Å². The summed E-state index contributed by atoms with van der Waals surface area (Å²) < 4.78 is 0. The largest absolute Gasteiger partial charge is 0.330 e. The monoisotopic (exact) mass is 273 g/mol. The zero-order valence-corrected chi connectivity index (χ0v) is 13.7. The van der Waals surface area contributed by atoms with Gasteiger partial charge in [-0.2, -0.15) is 0 Å². The Morgan fingerprint density at radius 1 is 1.15 bits per heavy atom. The van der Waals surface area contributed by atoms with Gasteiger partial charge in [-0.05, 0) is 66.5 Å². The van der Waals surface area contributed by atoms with Gasteiger partial charge in [0.25, 0.3) is 0 Å². The van der Waals surface area contributed by atoms with Crippen molar-refractivity contribution in [3.8, 4) is 0 Å². The molecular weight excluding hydrogens is 242 g/mol. The Bertz CT molecular complexity index is 422. The van der Waals surface area contributed by atoms with Crippen molar-refractivity contribution in [1.29, 1.82) is 0 Å². The summed E-state index contributed by atoms with van der Waals surface area (Å²) in [6.07, 6.45) is 5.46. The molecule has 0 amide bonds. The molecule has 0 aliphatic heterocycles. The van der Waals surface area contributed by atoms with Crippen LogP contribution in [-0.4, -0.2) is 6.54 Å². The summed E-state index contributed by atoms with van der Waals surface area (Å²) in [5, 5.41) is 0. The minimum Gasteiger partial charge on any atom is -0.330 e. The first-order valence-corrected chi connectivity index (χ1v) is 8.21. The molecule has 1 nitrogen and oxygen atoms in total. The lowest BCUT2D eigenvalue weighted by Gasteiger charge is -2.37. The molecule has 1 aromatic rings. The van der Waals surface area contributed by atoms with Crippen LogP contribution >= 0.6 is 0 Å². The molecule has 0 bridgehead atoms. The van der Waals surface area contributed by atoms with Gasteiger partial charge in [0, 0.05) is 0 Å². The Hall–Kier alpha value is -0.820. The zero-order valence-electron chi connectivity index (χ0n) is 13.7. The van der Waals surface area contributed by atoms with Crippen LogP contribution in [0.3, 0.4) is 0 Å². The first kappa shape index (κ1) is 15.6. The lowest BCUT2D eigenvalue weighted by atomic mass is 9.68. The molecule has 112 valence electrons. The third-order valence-corrected chi connectivity index (χ3v) is 5.26. The predicted molar refractivity (Wildman–Crippen MR) is 88.1 cm³/mol. The molecule has 0 radical (unpaired) electrons. The Balaban J connectivity index is 2.04. The first-order chi connectivity index (χ1) is 9.41. The number of benzene rings is 1. The fourth-order valence-corrected chi connectivity index (χ4v) is 3.55. The molecule has 1 atom stereocenters. The summed E-state index contributed by atoms with van der Waals surface area (Å²) in [6, 6.07) is 9.16. The van der Waals surface area contributed by atoms with Crippen molar-refractivity contribution >= 4 is 0 Å². The van der Waals surface area contributed by atoms with Gasteiger partial charge >= 0.3 is 0 Å². The number of hydrogen-bond acceptors (Lipinski definition) is 1. The van der Waals surface area contributed by atoms with Crippen molar-refractivity contribution in [2.24, 2.45) is 17.1 Å². The van der Waals surface area contributed by atoms with Crippen LogP contribution in [-0.2, 0) is 0 Å². The summed E-state index contributed by atoms with van der Waals surface area (Å²) in [4.78, 5) is 0. The number of nitrogens with two attached hydrogens (primary N) is 1. The molecule has 1 aliphatic rings. The van der Waals surface area contributed by atoms with Crippen molar-refractivity contribution in [2.75, 3.05) is 6.54 Å². The lowest BCUT2D eigenvalue weighted by Crippen LogP contribution is -2.25. The average molecular weight is 273 g/mol. The maximum atomic E-state index is 5.80. The molecule has 0 spiro atoms. The normalized spacial score (nSPS) is 25.4. The van der Waals surface area contributed by atoms with Crippen molar-refractivity contribution in [3.63, 3.8) is 0 Å². The van der Waals surface area contributed by atoms with Crippen LogP contribution in [0, 0.1) is 11.3 Å². The van der Waals surface area contributed by atoms with Gasteiger partial charge in [0.2, 0.25) is 0 Å². The molecule has 0 aromatic heterocycles. The number of hydrogen-bond donors (Lipinski definition) is 1. The molecule has 0 heterocycles. The molecule has 2 rings (SSSR count). The second kappa shape index (κ2) is 6.30. The Morgan fingerprint density at radius 3 is 2.35 bits per heavy atom. The van der Waals surface area contributed by atoms with Crippen molar-refractivity contribution in [3.05, 3.63) is 35.4 Å². The molecule has 1 saturated carbocycles. The van der Waals surface area contributed by atoms with E-state index in [0.717, 1.165) is 18.4 Å². The van der Waals surface area contributed by atoms with Crippen molar-refractivity contribution in [1.82, 2.24) is 0 Å². The zero-order chi connectivity index (χ0) is 14.8. The van der Waals surface area contributed by atoms with Gasteiger partial charge in [-0.25, -0.2) is 0 Å². The third kappa shape index (κ3) is 3.63. The number of rotatable bonds is 3. The first-order valence-electron chi connectivity index (χ1n) is 8.21. The molecule has 1 aliphatic carbocycles. The molecule has 1 heteroatoms. The SMILES string of the molecule is CC(CN)c1cccc(C2CCC(C(C)(C)C)CC2)c1. The predicted octanol–water partition coefficient (Wildman–Crippen LogP) is 5.07. The molecule has 1 fully saturated rings. The summed E-state index contributed by atoms with van der Waals surface area (Å²) in [5.74, 6) is 2.13. The van der Waals surface area contributed by atoms with E-state index in [0.29, 0.717) is 11.3 Å². The van der Waals surface area contributed by atoms with Crippen molar-refractivity contribution < 1.29 is 0 Å². The minimum absolute atomic E-state index is 0.473. The molecule has 2 N–H and O–H groups in total. The van der Waals surface area contributed by atoms with Crippen LogP contribution in [0.2, 0.25) is 0 Å². The molecule has 0 saturated heterocycles. The highest BCUT2D eigenvalue weighted by Crippen LogP contribution is 2.43. The highest BCUT2D eigenvalue weighted by atomic mass is 14.5. The van der Waals surface area contributed by atoms with Gasteiger partial charge in [-0.15, -0.1) is 0 Å². The van der Waals surface area contributed by atoms with E-state index in [2.05, 4.69) is 52.0 Å². The van der Waals surface area contributed by atoms with Crippen LogP contribution in [0.25, 0.3) is 0 Å². The van der Waals surface area contributed by atoms with Gasteiger partial charge in [-0.3, -0.25) is 0 Å². The lowest BCUT2D eigenvalue weighted by molar-refractivity contribution is 0.169. The standard InChI is InChI=1S/C19H31N/c1-14(13-20)16-6-5-7-17(12-16)15-8-10-18(11-9-15)19(2,3)4/h5-7,12,14-15,18H,8-11,13,20H2,1-4H3. The molecule has 1 aromatic carbocycles. The maximum absolute atomic E-state index is 5.80. The third-order valence-electron chi connectivity index (χ3n) is 5.26. The average Bonchev–Trinajstić information content (AvgIpc) is 2.46. The van der Waals surface area contributed by atoms with Gasteiger partial charge < -0.3 is 5.73 Å². The Kier molecular flexibility index (Phi) is 4.90. The summed E-state index contributed by atoms with van der Waals surface area (Å²) >= 11 is 0. The molecular formula is C19H31N.